The minimum Gasteiger partial charge on any atom is -0.507 e. The van der Waals surface area contributed by atoms with Crippen LogP contribution in [0.1, 0.15) is 37.2 Å². The normalized spacial score (nSPS) is 30.1. The SMILES string of the molecule is CN1C[C@@H](c2ccc(-c3cnc(N(C)[C@@H]4CC5CC[C@H](N5)[C@@H]4F)cn3)c(O)c2)CC1=O. The lowest BCUT2D eigenvalue weighted by molar-refractivity contribution is -0.126. The number of rotatable bonds is 4. The highest BCUT2D eigenvalue weighted by molar-refractivity contribution is 5.79. The van der Waals surface area contributed by atoms with E-state index in [1.165, 1.54) is 0 Å². The van der Waals surface area contributed by atoms with E-state index in [4.69, 9.17) is 0 Å². The molecule has 1 unspecified atom stereocenters. The Balaban J connectivity index is 1.32. The number of benzene rings is 1. The lowest BCUT2D eigenvalue weighted by atomic mass is 9.96. The zero-order valence-electron chi connectivity index (χ0n) is 17.8. The van der Waals surface area contributed by atoms with Gasteiger partial charge < -0.3 is 20.2 Å². The Morgan fingerprint density at radius 3 is 2.77 bits per heavy atom. The summed E-state index contributed by atoms with van der Waals surface area (Å²) in [6.07, 6.45) is 5.48. The number of amides is 1. The predicted molar refractivity (Wildman–Crippen MR) is 116 cm³/mol. The molecule has 5 atom stereocenters. The molecule has 1 aromatic carbocycles. The molecule has 0 spiro atoms. The molecule has 3 aliphatic rings. The third kappa shape index (κ3) is 3.63. The molecule has 4 heterocycles. The maximum Gasteiger partial charge on any atom is 0.223 e. The number of piperidine rings is 1. The van der Waals surface area contributed by atoms with Gasteiger partial charge in [0.05, 0.1) is 24.1 Å². The number of carbonyl (C=O) groups excluding carboxylic acids is 1. The molecule has 0 saturated carbocycles. The number of alkyl halides is 1. The number of aromatic hydroxyl groups is 1. The summed E-state index contributed by atoms with van der Waals surface area (Å²) in [6.45, 7) is 0.659. The summed E-state index contributed by atoms with van der Waals surface area (Å²) in [4.78, 5) is 24.4. The van der Waals surface area contributed by atoms with Crippen molar-refractivity contribution in [3.8, 4) is 17.0 Å². The molecule has 164 valence electrons. The Morgan fingerprint density at radius 1 is 1.26 bits per heavy atom. The Bertz CT molecular complexity index is 984. The molecule has 1 amide bonds. The highest BCUT2D eigenvalue weighted by Gasteiger charge is 2.43. The molecular formula is C23H28FN5O2. The van der Waals surface area contributed by atoms with Crippen LogP contribution in [0.15, 0.2) is 30.6 Å². The van der Waals surface area contributed by atoms with E-state index in [2.05, 4.69) is 15.3 Å². The van der Waals surface area contributed by atoms with Crippen LogP contribution in [0.5, 0.6) is 5.75 Å². The van der Waals surface area contributed by atoms with Gasteiger partial charge in [0.15, 0.2) is 0 Å². The molecule has 3 aliphatic heterocycles. The van der Waals surface area contributed by atoms with E-state index in [1.54, 1.807) is 30.4 Å². The Kier molecular flexibility index (Phi) is 5.04. The molecule has 5 rings (SSSR count). The molecule has 1 aromatic heterocycles. The van der Waals surface area contributed by atoms with Gasteiger partial charge in [0.1, 0.15) is 17.7 Å². The first kappa shape index (κ1) is 20.2. The minimum atomic E-state index is -0.927. The van der Waals surface area contributed by atoms with Crippen LogP contribution in [-0.2, 0) is 4.79 Å². The van der Waals surface area contributed by atoms with Crippen LogP contribution in [0.4, 0.5) is 10.2 Å². The van der Waals surface area contributed by atoms with Gasteiger partial charge in [-0.1, -0.05) is 6.07 Å². The van der Waals surface area contributed by atoms with Gasteiger partial charge in [-0.2, -0.15) is 0 Å². The first-order valence-corrected chi connectivity index (χ1v) is 10.9. The number of fused-ring (bicyclic) bond motifs is 2. The van der Waals surface area contributed by atoms with Crippen LogP contribution in [0, 0.1) is 0 Å². The highest BCUT2D eigenvalue weighted by Crippen LogP contribution is 2.36. The van der Waals surface area contributed by atoms with Gasteiger partial charge in [0.25, 0.3) is 0 Å². The standard InChI is InChI=1S/C23H28FN5O2/c1-28-12-14(8-22(28)31)13-3-5-16(20(30)7-13)18-10-26-21(11-25-18)29(2)19-9-15-4-6-17(27-15)23(19)24/h3,5,7,10-11,14-15,17,19,23,27,30H,4,6,8-9,12H2,1-2H3/t14-,15?,17-,19+,23-/m0/s1. The molecular weight excluding hydrogens is 397 g/mol. The Labute approximate surface area is 181 Å². The van der Waals surface area contributed by atoms with Crippen molar-refractivity contribution in [1.82, 2.24) is 20.2 Å². The summed E-state index contributed by atoms with van der Waals surface area (Å²) < 4.78 is 14.9. The molecule has 2 bridgehead atoms. The van der Waals surface area contributed by atoms with E-state index < -0.39 is 6.17 Å². The van der Waals surface area contributed by atoms with Crippen LogP contribution in [0.2, 0.25) is 0 Å². The first-order valence-electron chi connectivity index (χ1n) is 10.9. The van der Waals surface area contributed by atoms with E-state index >= 15 is 0 Å². The van der Waals surface area contributed by atoms with Crippen LogP contribution in [0.25, 0.3) is 11.3 Å². The van der Waals surface area contributed by atoms with Gasteiger partial charge in [-0.3, -0.25) is 9.78 Å². The van der Waals surface area contributed by atoms with Gasteiger partial charge in [0, 0.05) is 50.6 Å². The van der Waals surface area contributed by atoms with Crippen molar-refractivity contribution in [1.29, 1.82) is 0 Å². The number of nitrogens with one attached hydrogen (secondary N) is 1. The number of halogens is 1. The summed E-state index contributed by atoms with van der Waals surface area (Å²) in [6, 6.07) is 5.58. The third-order valence-corrected chi connectivity index (χ3v) is 7.16. The summed E-state index contributed by atoms with van der Waals surface area (Å²) in [7, 11) is 3.67. The zero-order valence-corrected chi connectivity index (χ0v) is 17.8. The molecule has 3 fully saturated rings. The van der Waals surface area contributed by atoms with E-state index in [1.807, 2.05) is 24.1 Å². The van der Waals surface area contributed by atoms with E-state index in [-0.39, 0.29) is 29.7 Å². The monoisotopic (exact) mass is 425 g/mol. The maximum absolute atomic E-state index is 14.9. The Hall–Kier alpha value is -2.74. The third-order valence-electron chi connectivity index (χ3n) is 7.16. The number of likely N-dealkylation sites (tertiary alicyclic amines) is 1. The van der Waals surface area contributed by atoms with Gasteiger partial charge in [-0.05, 0) is 37.0 Å². The largest absolute Gasteiger partial charge is 0.507 e. The number of carbonyl (C=O) groups is 1. The molecule has 0 aliphatic carbocycles. The number of nitrogens with zero attached hydrogens (tertiary/aromatic N) is 4. The predicted octanol–water partition coefficient (Wildman–Crippen LogP) is 2.46. The summed E-state index contributed by atoms with van der Waals surface area (Å²) in [5.41, 5.74) is 2.09. The van der Waals surface area contributed by atoms with Crippen molar-refractivity contribution in [2.24, 2.45) is 0 Å². The van der Waals surface area contributed by atoms with Crippen molar-refractivity contribution in [3.05, 3.63) is 36.2 Å². The van der Waals surface area contributed by atoms with Crippen molar-refractivity contribution in [2.75, 3.05) is 25.5 Å². The number of phenols is 1. The lowest BCUT2D eigenvalue weighted by Gasteiger charge is -2.38. The highest BCUT2D eigenvalue weighted by atomic mass is 19.1. The second kappa shape index (κ2) is 7.75. The smallest absolute Gasteiger partial charge is 0.223 e. The van der Waals surface area contributed by atoms with Crippen molar-refractivity contribution >= 4 is 11.7 Å². The molecule has 3 saturated heterocycles. The number of aromatic nitrogens is 2. The fourth-order valence-electron chi connectivity index (χ4n) is 5.27. The van der Waals surface area contributed by atoms with Gasteiger partial charge in [-0.15, -0.1) is 0 Å². The van der Waals surface area contributed by atoms with E-state index in [0.29, 0.717) is 36.1 Å². The molecule has 7 nitrogen and oxygen atoms in total. The number of phenolic OH excluding ortho intramolecular Hbond substituents is 1. The van der Waals surface area contributed by atoms with E-state index in [0.717, 1.165) is 24.8 Å². The summed E-state index contributed by atoms with van der Waals surface area (Å²) in [5.74, 6) is 0.958. The van der Waals surface area contributed by atoms with Crippen LogP contribution < -0.4 is 10.2 Å². The van der Waals surface area contributed by atoms with Crippen LogP contribution in [-0.4, -0.2) is 70.8 Å². The lowest BCUT2D eigenvalue weighted by Crippen LogP contribution is -2.55. The molecule has 31 heavy (non-hydrogen) atoms. The van der Waals surface area contributed by atoms with Crippen molar-refractivity contribution in [3.63, 3.8) is 0 Å². The molecule has 2 aromatic rings. The quantitative estimate of drug-likeness (QED) is 0.783. The maximum atomic E-state index is 14.9. The fourth-order valence-corrected chi connectivity index (χ4v) is 5.27. The van der Waals surface area contributed by atoms with Crippen molar-refractivity contribution < 1.29 is 14.3 Å². The van der Waals surface area contributed by atoms with Crippen LogP contribution >= 0.6 is 0 Å². The number of hydrogen-bond donors (Lipinski definition) is 2. The topological polar surface area (TPSA) is 81.6 Å². The zero-order chi connectivity index (χ0) is 21.7. The van der Waals surface area contributed by atoms with Gasteiger partial charge in [0.2, 0.25) is 5.91 Å². The van der Waals surface area contributed by atoms with Crippen LogP contribution in [0.3, 0.4) is 0 Å². The summed E-state index contributed by atoms with van der Waals surface area (Å²) in [5, 5.41) is 13.9. The summed E-state index contributed by atoms with van der Waals surface area (Å²) >= 11 is 0. The number of anilines is 1. The molecule has 2 N–H and O–H groups in total. The van der Waals surface area contributed by atoms with E-state index in [9.17, 15) is 14.3 Å². The minimum absolute atomic E-state index is 0.0659. The average molecular weight is 426 g/mol. The molecule has 8 heteroatoms. The second-order valence-electron chi connectivity index (χ2n) is 9.12. The van der Waals surface area contributed by atoms with Gasteiger partial charge in [-0.25, -0.2) is 9.37 Å². The Morgan fingerprint density at radius 2 is 2.10 bits per heavy atom. The number of likely N-dealkylation sites (N-methyl/N-ethyl adjacent to an activating group) is 1. The molecule has 0 radical (unpaired) electrons. The second-order valence-corrected chi connectivity index (χ2v) is 9.12. The first-order chi connectivity index (χ1) is 14.9. The van der Waals surface area contributed by atoms with Crippen molar-refractivity contribution in [2.45, 2.75) is 55.9 Å². The fraction of sp³-hybridized carbons (Fsp3) is 0.522. The van der Waals surface area contributed by atoms with Gasteiger partial charge >= 0.3 is 0 Å². The average Bonchev–Trinajstić information content (AvgIpc) is 3.34. The number of hydrogen-bond acceptors (Lipinski definition) is 6.